The van der Waals surface area contributed by atoms with Crippen molar-refractivity contribution in [2.45, 2.75) is 200 Å². The van der Waals surface area contributed by atoms with Crippen LogP contribution in [-0.4, -0.2) is 227 Å². The van der Waals surface area contributed by atoms with Crippen molar-refractivity contribution in [2.24, 2.45) is 33.3 Å². The molecule has 0 unspecified atom stereocenters. The van der Waals surface area contributed by atoms with Gasteiger partial charge in [-0.1, -0.05) is 25.1 Å². The Kier molecular flexibility index (Phi) is 15.2. The summed E-state index contributed by atoms with van der Waals surface area (Å²) in [6.07, 6.45) is -27.7. The number of aliphatic hydroxyl groups is 13. The van der Waals surface area contributed by atoms with Gasteiger partial charge in [0.2, 0.25) is 6.29 Å². The van der Waals surface area contributed by atoms with Crippen molar-refractivity contribution in [1.82, 2.24) is 0 Å². The zero-order valence-electron chi connectivity index (χ0n) is 37.9. The molecule has 0 aromatic heterocycles. The van der Waals surface area contributed by atoms with E-state index in [-0.39, 0.29) is 11.8 Å². The fraction of sp³-hybridized carbons (Fsp3) is 0.932. The van der Waals surface area contributed by atoms with E-state index < -0.39 is 177 Å². The molecule has 1 spiro atoms. The van der Waals surface area contributed by atoms with Gasteiger partial charge in [-0.3, -0.25) is 4.79 Å². The molecule has 8 aliphatic rings. The topological polar surface area (TPSA) is 383 Å². The molecule has 24 heteroatoms. The number of esters is 1. The second-order valence-electron chi connectivity index (χ2n) is 20.9. The molecule has 8 fully saturated rings. The molecule has 4 saturated carbocycles. The van der Waals surface area contributed by atoms with Gasteiger partial charge in [-0.05, 0) is 86.5 Å². The highest BCUT2D eigenvalue weighted by molar-refractivity contribution is 5.77. The monoisotopic (exact) mass is 979 g/mol. The predicted octanol–water partition coefficient (Wildman–Crippen LogP) is -4.34. The summed E-state index contributed by atoms with van der Waals surface area (Å²) >= 11 is 0. The Hall–Kier alpha value is -1.99. The van der Waals surface area contributed by atoms with Gasteiger partial charge in [0.15, 0.2) is 24.9 Å². The third kappa shape index (κ3) is 8.59. The summed E-state index contributed by atoms with van der Waals surface area (Å²) < 4.78 is 48.3. The number of hydrogen-bond acceptors (Lipinski definition) is 24. The van der Waals surface area contributed by atoms with E-state index in [9.17, 15) is 76.1 Å². The zero-order valence-corrected chi connectivity index (χ0v) is 37.9. The highest BCUT2D eigenvalue weighted by Crippen LogP contribution is 2.74. The number of fused-ring (bicyclic) bond motifs is 3. The van der Waals surface area contributed by atoms with E-state index in [0.717, 1.165) is 6.42 Å². The predicted molar refractivity (Wildman–Crippen MR) is 223 cm³/mol. The summed E-state index contributed by atoms with van der Waals surface area (Å²) in [6.45, 7) is 5.34. The number of carbonyl (C=O) groups is 1. The summed E-state index contributed by atoms with van der Waals surface area (Å²) in [7, 11) is 0. The first-order valence-electron chi connectivity index (χ1n) is 23.6. The molecule has 13 N–H and O–H groups in total. The van der Waals surface area contributed by atoms with E-state index >= 15 is 0 Å². The van der Waals surface area contributed by atoms with Crippen molar-refractivity contribution in [1.29, 1.82) is 0 Å². The lowest BCUT2D eigenvalue weighted by atomic mass is 9.41. The minimum atomic E-state index is -1.96. The molecule has 4 aliphatic heterocycles. The van der Waals surface area contributed by atoms with Crippen LogP contribution in [0.4, 0.5) is 0 Å². The molecule has 0 amide bonds. The molecule has 8 rings (SSSR count). The van der Waals surface area contributed by atoms with Gasteiger partial charge < -0.3 is 104 Å². The van der Waals surface area contributed by atoms with Crippen molar-refractivity contribution < 1.29 is 109 Å². The fourth-order valence-corrected chi connectivity index (χ4v) is 13.6. The highest BCUT2D eigenvalue weighted by atomic mass is 16.8. The molecule has 24 nitrogen and oxygen atoms in total. The lowest BCUT2D eigenvalue weighted by Gasteiger charge is -2.64. The molecule has 0 aromatic carbocycles. The van der Waals surface area contributed by atoms with Crippen LogP contribution < -0.4 is 0 Å². The number of ether oxygens (including phenoxy) is 8. The zero-order chi connectivity index (χ0) is 49.4. The first-order chi connectivity index (χ1) is 32.2. The van der Waals surface area contributed by atoms with Gasteiger partial charge in [-0.25, -0.2) is 0 Å². The molecule has 2 bridgehead atoms. The molecule has 388 valence electrons. The van der Waals surface area contributed by atoms with Crippen molar-refractivity contribution in [3.05, 3.63) is 17.1 Å². The molecule has 26 atom stereocenters. The number of nitrogens with zero attached hydrogens (tertiary/aromatic N) is 1. The molecule has 0 aromatic rings. The van der Waals surface area contributed by atoms with E-state index in [1.54, 1.807) is 0 Å². The molecule has 4 heterocycles. The SMILES string of the molecule is C=C1C[C@@]23CC[C@H]4[C@@](C)(CCC[C@@]4(C)C(=O)O[C@@H]4O[C@H](CO)[C@@H](O)[C@H](O)[C@H]4N=O)[C@@H]2CC[C@]1(O[C@@H]1O[C@H](CO)[C@@H](O)[C@H](O[C@@H]2O[C@H](CO)[C@@H](O)[C@H](O)[C@H]2O)[C@H]1O[C@@H]1O[C@H](CO)[C@@H](O)[C@H](O)[C@H]1O)C3. The Bertz CT molecular complexity index is 1810. The first kappa shape index (κ1) is 52.3. The Balaban J connectivity index is 1.07. The average Bonchev–Trinajstić information content (AvgIpc) is 3.51. The van der Waals surface area contributed by atoms with Gasteiger partial charge in [0, 0.05) is 0 Å². The van der Waals surface area contributed by atoms with Crippen LogP contribution in [0.25, 0.3) is 0 Å². The minimum absolute atomic E-state index is 0.00549. The molecular formula is C44H69NO23. The average molecular weight is 980 g/mol. The summed E-state index contributed by atoms with van der Waals surface area (Å²) in [5.74, 6) is -0.880. The molecule has 4 saturated heterocycles. The number of hydrogen-bond donors (Lipinski definition) is 13. The van der Waals surface area contributed by atoms with Gasteiger partial charge in [-0.15, -0.1) is 0 Å². The standard InChI is InChI=1S/C44H69NO23/c1-17-11-43-9-5-22-41(2,7-4-8-42(22,3)40(59)67-36-24(45-60)29(54)25(50)18(12-46)61-36)23(43)6-10-44(17,16-43)68-39-35(66-38-33(58)31(56)27(52)20(14-48)63-38)34(28(53)21(15-49)64-39)65-37-32(57)30(55)26(51)19(13-47)62-37/h18-39,46-58H,1,4-16H2,2-3H3/t18-,19-,20-,21-,22+,23+,24-,25-,26-,27-,28-,29-,30+,31+,32-,33-,34+,35-,36+,37+,38+,39+,41-,42-,43-,44+/m1/s1. The van der Waals surface area contributed by atoms with Gasteiger partial charge in [0.25, 0.3) is 0 Å². The lowest BCUT2D eigenvalue weighted by molar-refractivity contribution is -0.400. The van der Waals surface area contributed by atoms with Crippen molar-refractivity contribution >= 4 is 5.97 Å². The number of aliphatic hydroxyl groups excluding tert-OH is 13. The second-order valence-corrected chi connectivity index (χ2v) is 20.9. The highest BCUT2D eigenvalue weighted by Gasteiger charge is 2.70. The fourth-order valence-electron chi connectivity index (χ4n) is 13.6. The van der Waals surface area contributed by atoms with Gasteiger partial charge in [0.05, 0.1) is 37.4 Å². The van der Waals surface area contributed by atoms with E-state index in [2.05, 4.69) is 18.7 Å². The quantitative estimate of drug-likeness (QED) is 0.0359. The van der Waals surface area contributed by atoms with Crippen LogP contribution in [0.5, 0.6) is 0 Å². The molecule has 0 radical (unpaired) electrons. The van der Waals surface area contributed by atoms with E-state index in [0.29, 0.717) is 56.9 Å². The maximum absolute atomic E-state index is 14.4. The normalized spacial score (nSPS) is 53.8. The molecule has 68 heavy (non-hydrogen) atoms. The van der Waals surface area contributed by atoms with Crippen LogP contribution in [0.3, 0.4) is 0 Å². The smallest absolute Gasteiger partial charge is 0.314 e. The maximum Gasteiger partial charge on any atom is 0.314 e. The first-order valence-corrected chi connectivity index (χ1v) is 23.6. The second kappa shape index (κ2) is 19.8. The largest absolute Gasteiger partial charge is 0.433 e. The van der Waals surface area contributed by atoms with Crippen LogP contribution in [0, 0.1) is 33.0 Å². The third-order valence-electron chi connectivity index (χ3n) is 17.2. The van der Waals surface area contributed by atoms with Crippen LogP contribution in [-0.2, 0) is 42.7 Å². The van der Waals surface area contributed by atoms with Crippen LogP contribution in [0.2, 0.25) is 0 Å². The Morgan fingerprint density at radius 2 is 1.12 bits per heavy atom. The Labute approximate surface area is 391 Å². The van der Waals surface area contributed by atoms with Crippen LogP contribution >= 0.6 is 0 Å². The summed E-state index contributed by atoms with van der Waals surface area (Å²) in [5, 5.41) is 140. The summed E-state index contributed by atoms with van der Waals surface area (Å²) in [5.41, 5.74) is -2.43. The summed E-state index contributed by atoms with van der Waals surface area (Å²) in [4.78, 5) is 26.2. The van der Waals surface area contributed by atoms with Crippen molar-refractivity contribution in [2.75, 3.05) is 26.4 Å². The van der Waals surface area contributed by atoms with Crippen LogP contribution in [0.15, 0.2) is 17.3 Å². The van der Waals surface area contributed by atoms with E-state index in [4.69, 9.17) is 37.9 Å². The summed E-state index contributed by atoms with van der Waals surface area (Å²) in [6, 6.07) is -1.64. The number of rotatable bonds is 13. The lowest BCUT2D eigenvalue weighted by Crippen LogP contribution is -2.68. The van der Waals surface area contributed by atoms with Crippen molar-refractivity contribution in [3.63, 3.8) is 0 Å². The van der Waals surface area contributed by atoms with Crippen LogP contribution in [0.1, 0.15) is 71.6 Å². The van der Waals surface area contributed by atoms with Gasteiger partial charge in [-0.2, -0.15) is 4.91 Å². The van der Waals surface area contributed by atoms with E-state index in [1.807, 2.05) is 6.92 Å². The number of carbonyl (C=O) groups excluding carboxylic acids is 1. The van der Waals surface area contributed by atoms with E-state index in [1.165, 1.54) is 0 Å². The number of nitroso groups, excluding NO2 is 1. The van der Waals surface area contributed by atoms with Gasteiger partial charge >= 0.3 is 5.97 Å². The molecule has 4 aliphatic carbocycles. The maximum atomic E-state index is 14.4. The minimum Gasteiger partial charge on any atom is -0.433 e. The Morgan fingerprint density at radius 3 is 1.68 bits per heavy atom. The Morgan fingerprint density at radius 1 is 0.618 bits per heavy atom. The van der Waals surface area contributed by atoms with Gasteiger partial charge in [0.1, 0.15) is 91.6 Å². The molecular weight excluding hydrogens is 910 g/mol. The van der Waals surface area contributed by atoms with Crippen molar-refractivity contribution in [3.8, 4) is 0 Å². The third-order valence-corrected chi connectivity index (χ3v) is 17.2.